The van der Waals surface area contributed by atoms with Crippen LogP contribution in [0.1, 0.15) is 64.7 Å². The molecule has 1 aliphatic heterocycles. The van der Waals surface area contributed by atoms with E-state index in [9.17, 15) is 5.11 Å². The molecule has 0 aliphatic carbocycles. The molecular weight excluding hydrogens is 250 g/mol. The van der Waals surface area contributed by atoms with Crippen LogP contribution >= 0.6 is 0 Å². The highest BCUT2D eigenvalue weighted by Gasteiger charge is 2.39. The van der Waals surface area contributed by atoms with E-state index >= 15 is 0 Å². The molecule has 2 rings (SSSR count). The predicted octanol–water partition coefficient (Wildman–Crippen LogP) is 2.98. The average molecular weight is 279 g/mol. The molecule has 2 unspecified atom stereocenters. The van der Waals surface area contributed by atoms with Gasteiger partial charge in [-0.2, -0.15) is 5.10 Å². The summed E-state index contributed by atoms with van der Waals surface area (Å²) in [4.78, 5) is 2.48. The van der Waals surface area contributed by atoms with Crippen molar-refractivity contribution in [2.75, 3.05) is 13.1 Å². The van der Waals surface area contributed by atoms with Crippen molar-refractivity contribution in [3.05, 3.63) is 18.0 Å². The van der Waals surface area contributed by atoms with Crippen LogP contribution in [0.5, 0.6) is 0 Å². The van der Waals surface area contributed by atoms with Crippen molar-refractivity contribution in [3.63, 3.8) is 0 Å². The molecule has 1 aromatic heterocycles. The molecule has 0 saturated carbocycles. The molecule has 1 aliphatic rings. The van der Waals surface area contributed by atoms with Gasteiger partial charge in [0, 0.05) is 18.3 Å². The minimum absolute atomic E-state index is 0.189. The number of hydrogen-bond donors (Lipinski definition) is 1. The minimum atomic E-state index is -0.473. The highest BCUT2D eigenvalue weighted by atomic mass is 16.3. The number of aryl methyl sites for hydroxylation is 1. The summed E-state index contributed by atoms with van der Waals surface area (Å²) in [5, 5.41) is 15.3. The third kappa shape index (κ3) is 2.91. The molecule has 0 spiro atoms. The van der Waals surface area contributed by atoms with Crippen LogP contribution in [-0.2, 0) is 6.54 Å². The Morgan fingerprint density at radius 3 is 2.60 bits per heavy atom. The lowest BCUT2D eigenvalue weighted by atomic mass is 9.85. The van der Waals surface area contributed by atoms with Gasteiger partial charge in [-0.25, -0.2) is 0 Å². The summed E-state index contributed by atoms with van der Waals surface area (Å²) >= 11 is 0. The molecule has 0 aromatic carbocycles. The maximum Gasteiger partial charge on any atom is 0.114 e. The SMILES string of the molecule is CCCn1nccc1C(O)C(C)(CC)N1CCCCC1. The van der Waals surface area contributed by atoms with Crippen LogP contribution in [0.25, 0.3) is 0 Å². The third-order valence-electron chi connectivity index (χ3n) is 4.85. The lowest BCUT2D eigenvalue weighted by Gasteiger charge is -2.46. The van der Waals surface area contributed by atoms with Gasteiger partial charge >= 0.3 is 0 Å². The Balaban J connectivity index is 2.22. The number of piperidine rings is 1. The number of hydrogen-bond acceptors (Lipinski definition) is 3. The summed E-state index contributed by atoms with van der Waals surface area (Å²) < 4.78 is 1.96. The van der Waals surface area contributed by atoms with E-state index in [1.807, 2.05) is 10.7 Å². The van der Waals surface area contributed by atoms with Crippen LogP contribution < -0.4 is 0 Å². The molecule has 1 saturated heterocycles. The lowest BCUT2D eigenvalue weighted by molar-refractivity contribution is -0.0392. The van der Waals surface area contributed by atoms with E-state index in [0.717, 1.165) is 38.2 Å². The van der Waals surface area contributed by atoms with Crippen molar-refractivity contribution >= 4 is 0 Å². The molecule has 2 heterocycles. The van der Waals surface area contributed by atoms with Crippen LogP contribution in [0, 0.1) is 0 Å². The molecule has 0 radical (unpaired) electrons. The minimum Gasteiger partial charge on any atom is -0.385 e. The van der Waals surface area contributed by atoms with Gasteiger partial charge < -0.3 is 5.11 Å². The molecule has 1 aromatic rings. The topological polar surface area (TPSA) is 41.3 Å². The van der Waals surface area contributed by atoms with Gasteiger partial charge in [0.05, 0.1) is 5.69 Å². The number of rotatable bonds is 6. The fourth-order valence-electron chi connectivity index (χ4n) is 3.29. The normalized spacial score (nSPS) is 21.6. The molecular formula is C16H29N3O. The van der Waals surface area contributed by atoms with E-state index in [-0.39, 0.29) is 5.54 Å². The van der Waals surface area contributed by atoms with Crippen molar-refractivity contribution in [1.82, 2.24) is 14.7 Å². The van der Waals surface area contributed by atoms with Gasteiger partial charge in [0.1, 0.15) is 6.10 Å². The van der Waals surface area contributed by atoms with Gasteiger partial charge in [-0.05, 0) is 51.8 Å². The fourth-order valence-corrected chi connectivity index (χ4v) is 3.29. The number of nitrogens with zero attached hydrogens (tertiary/aromatic N) is 3. The lowest BCUT2D eigenvalue weighted by Crippen LogP contribution is -2.52. The van der Waals surface area contributed by atoms with Gasteiger partial charge in [0.15, 0.2) is 0 Å². The summed E-state index contributed by atoms with van der Waals surface area (Å²) in [5.41, 5.74) is 0.771. The zero-order valence-corrected chi connectivity index (χ0v) is 13.2. The maximum absolute atomic E-state index is 11.0. The number of aliphatic hydroxyl groups is 1. The van der Waals surface area contributed by atoms with Crippen molar-refractivity contribution in [2.24, 2.45) is 0 Å². The predicted molar refractivity (Wildman–Crippen MR) is 81.6 cm³/mol. The first kappa shape index (κ1) is 15.5. The molecule has 1 N–H and O–H groups in total. The van der Waals surface area contributed by atoms with Gasteiger partial charge in [-0.1, -0.05) is 20.3 Å². The Labute approximate surface area is 122 Å². The summed E-state index contributed by atoms with van der Waals surface area (Å²) in [7, 11) is 0. The van der Waals surface area contributed by atoms with Gasteiger partial charge in [-0.15, -0.1) is 0 Å². The highest BCUT2D eigenvalue weighted by Crippen LogP contribution is 2.35. The summed E-state index contributed by atoms with van der Waals surface area (Å²) in [6.07, 6.45) is 7.13. The van der Waals surface area contributed by atoms with Crippen molar-refractivity contribution in [1.29, 1.82) is 0 Å². The number of aromatic nitrogens is 2. The van der Waals surface area contributed by atoms with Gasteiger partial charge in [0.2, 0.25) is 0 Å². The Morgan fingerprint density at radius 2 is 2.00 bits per heavy atom. The Hall–Kier alpha value is -0.870. The molecule has 0 bridgehead atoms. The molecule has 4 nitrogen and oxygen atoms in total. The Morgan fingerprint density at radius 1 is 1.30 bits per heavy atom. The first-order valence-corrected chi connectivity index (χ1v) is 8.08. The van der Waals surface area contributed by atoms with E-state index in [4.69, 9.17) is 0 Å². The van der Waals surface area contributed by atoms with E-state index in [1.54, 1.807) is 6.20 Å². The number of likely N-dealkylation sites (tertiary alicyclic amines) is 1. The van der Waals surface area contributed by atoms with Crippen molar-refractivity contribution < 1.29 is 5.11 Å². The smallest absolute Gasteiger partial charge is 0.114 e. The standard InChI is InChI=1S/C16H29N3O/c1-4-11-19-14(9-10-17-19)15(20)16(3,5-2)18-12-7-6-8-13-18/h9-10,15,20H,4-8,11-13H2,1-3H3. The molecule has 1 fully saturated rings. The van der Waals surface area contributed by atoms with Crippen LogP contribution in [0.3, 0.4) is 0 Å². The Kier molecular flexibility index (Phi) is 5.22. The molecule has 114 valence electrons. The monoisotopic (exact) mass is 279 g/mol. The maximum atomic E-state index is 11.0. The van der Waals surface area contributed by atoms with Crippen LogP contribution in [0.4, 0.5) is 0 Å². The van der Waals surface area contributed by atoms with Crippen LogP contribution in [-0.4, -0.2) is 38.4 Å². The molecule has 4 heteroatoms. The second-order valence-electron chi connectivity index (χ2n) is 6.14. The fraction of sp³-hybridized carbons (Fsp3) is 0.812. The first-order chi connectivity index (χ1) is 9.63. The molecule has 2 atom stereocenters. The molecule has 0 amide bonds. The summed E-state index contributed by atoms with van der Waals surface area (Å²) in [5.74, 6) is 0. The highest BCUT2D eigenvalue weighted by molar-refractivity contribution is 5.12. The second-order valence-corrected chi connectivity index (χ2v) is 6.14. The van der Waals surface area contributed by atoms with E-state index in [0.29, 0.717) is 0 Å². The average Bonchev–Trinajstić information content (AvgIpc) is 2.95. The van der Waals surface area contributed by atoms with Crippen LogP contribution in [0.2, 0.25) is 0 Å². The third-order valence-corrected chi connectivity index (χ3v) is 4.85. The summed E-state index contributed by atoms with van der Waals surface area (Å²) in [6.45, 7) is 9.60. The largest absolute Gasteiger partial charge is 0.385 e. The van der Waals surface area contributed by atoms with E-state index in [2.05, 4.69) is 30.8 Å². The summed E-state index contributed by atoms with van der Waals surface area (Å²) in [6, 6.07) is 1.97. The quantitative estimate of drug-likeness (QED) is 0.870. The Bertz CT molecular complexity index is 412. The van der Waals surface area contributed by atoms with Crippen LogP contribution in [0.15, 0.2) is 12.3 Å². The van der Waals surface area contributed by atoms with Gasteiger partial charge in [0.25, 0.3) is 0 Å². The van der Waals surface area contributed by atoms with Crippen molar-refractivity contribution in [3.8, 4) is 0 Å². The number of aliphatic hydroxyl groups excluding tert-OH is 1. The van der Waals surface area contributed by atoms with E-state index < -0.39 is 6.10 Å². The zero-order chi connectivity index (χ0) is 14.6. The van der Waals surface area contributed by atoms with Crippen molar-refractivity contribution in [2.45, 2.75) is 71.1 Å². The van der Waals surface area contributed by atoms with Gasteiger partial charge in [-0.3, -0.25) is 9.58 Å². The first-order valence-electron chi connectivity index (χ1n) is 8.08. The molecule has 20 heavy (non-hydrogen) atoms. The zero-order valence-electron chi connectivity index (χ0n) is 13.2. The van der Waals surface area contributed by atoms with E-state index in [1.165, 1.54) is 19.3 Å². The second kappa shape index (κ2) is 6.72.